The molecular weight excluding hydrogens is 605 g/mol. The lowest BCUT2D eigenvalue weighted by atomic mass is 10.1. The van der Waals surface area contributed by atoms with Crippen molar-refractivity contribution in [2.75, 3.05) is 24.9 Å². The summed E-state index contributed by atoms with van der Waals surface area (Å²) in [6.45, 7) is 4.66. The molecule has 0 aliphatic carbocycles. The largest absolute Gasteiger partial charge is 0.366 e. The van der Waals surface area contributed by atoms with Gasteiger partial charge in [0.15, 0.2) is 29.8 Å². The molecule has 0 amide bonds. The van der Waals surface area contributed by atoms with Crippen LogP contribution in [0.15, 0.2) is 30.5 Å². The van der Waals surface area contributed by atoms with Crippen LogP contribution in [0, 0.1) is 0 Å². The van der Waals surface area contributed by atoms with E-state index in [1.54, 1.807) is 24.7 Å². The van der Waals surface area contributed by atoms with Gasteiger partial charge in [-0.25, -0.2) is 14.6 Å². The molecule has 6 rings (SSSR count). The van der Waals surface area contributed by atoms with Crippen LogP contribution < -0.4 is 5.32 Å². The summed E-state index contributed by atoms with van der Waals surface area (Å²) in [6.07, 6.45) is 0.834. The van der Waals surface area contributed by atoms with Gasteiger partial charge in [-0.2, -0.15) is 5.10 Å². The maximum absolute atomic E-state index is 11.3. The molecule has 5 heterocycles. The van der Waals surface area contributed by atoms with Crippen molar-refractivity contribution in [1.29, 1.82) is 0 Å². The number of fused-ring (bicyclic) bond motifs is 2. The Morgan fingerprint density at radius 3 is 2.77 bits per heavy atom. The van der Waals surface area contributed by atoms with Crippen LogP contribution in [-0.4, -0.2) is 79.5 Å². The van der Waals surface area contributed by atoms with Crippen molar-refractivity contribution in [3.63, 3.8) is 0 Å². The third-order valence-corrected chi connectivity index (χ3v) is 8.24. The van der Waals surface area contributed by atoms with Gasteiger partial charge in [-0.3, -0.25) is 4.57 Å². The van der Waals surface area contributed by atoms with E-state index < -0.39 is 44.3 Å². The molecule has 3 aromatic rings. The Labute approximate surface area is 253 Å². The monoisotopic (exact) mass is 639 g/mol. The van der Waals surface area contributed by atoms with Crippen LogP contribution in [0.4, 0.5) is 5.82 Å². The van der Waals surface area contributed by atoms with Gasteiger partial charge in [0.25, 0.3) is 0 Å². The zero-order valence-electron chi connectivity index (χ0n) is 23.8. The highest BCUT2D eigenvalue weighted by molar-refractivity contribution is 7.51. The number of hydrogen-bond acceptors (Lipinski definition) is 11. The summed E-state index contributed by atoms with van der Waals surface area (Å²) in [4.78, 5) is 28.0. The summed E-state index contributed by atoms with van der Waals surface area (Å²) in [7, 11) is -4.35. The summed E-state index contributed by atoms with van der Waals surface area (Å²) in [5.41, 5.74) is 1.38. The SMILES string of the molecule is CC1(C)O[C@@H]2[C@H](O1)[C@@H](COCP(=O)(O)O)O[C@H]2n1ncc2c(NCc3ccccc3Cl)nc(COC3CCCCO3)nc21. The highest BCUT2D eigenvalue weighted by Gasteiger charge is 2.56. The van der Waals surface area contributed by atoms with Gasteiger partial charge in [-0.1, -0.05) is 29.8 Å². The minimum Gasteiger partial charge on any atom is -0.366 e. The molecule has 3 aliphatic rings. The van der Waals surface area contributed by atoms with Gasteiger partial charge >= 0.3 is 7.60 Å². The average molecular weight is 640 g/mol. The van der Waals surface area contributed by atoms with Crippen molar-refractivity contribution in [1.82, 2.24) is 19.7 Å². The molecule has 0 radical (unpaired) electrons. The van der Waals surface area contributed by atoms with Crippen molar-refractivity contribution in [2.45, 2.75) is 82.9 Å². The Kier molecular flexibility index (Phi) is 9.05. The van der Waals surface area contributed by atoms with Crippen LogP contribution in [0.2, 0.25) is 5.02 Å². The van der Waals surface area contributed by atoms with Gasteiger partial charge in [0, 0.05) is 18.2 Å². The van der Waals surface area contributed by atoms with Crippen LogP contribution in [0.5, 0.6) is 0 Å². The summed E-state index contributed by atoms with van der Waals surface area (Å²) in [5.74, 6) is 0.0432. The Bertz CT molecular complexity index is 1480. The third-order valence-electron chi connectivity index (χ3n) is 7.35. The lowest BCUT2D eigenvalue weighted by molar-refractivity contribution is -0.202. The second-order valence-electron chi connectivity index (χ2n) is 11.2. The topological polar surface area (TPSA) is 169 Å². The molecule has 1 unspecified atom stereocenters. The van der Waals surface area contributed by atoms with E-state index >= 15 is 0 Å². The van der Waals surface area contributed by atoms with Crippen molar-refractivity contribution in [3.05, 3.63) is 46.9 Å². The minimum atomic E-state index is -4.35. The number of halogens is 1. The fourth-order valence-corrected chi connectivity index (χ4v) is 6.01. The van der Waals surface area contributed by atoms with Gasteiger partial charge in [0.1, 0.15) is 37.1 Å². The van der Waals surface area contributed by atoms with E-state index in [0.29, 0.717) is 40.8 Å². The quantitative estimate of drug-likeness (QED) is 0.260. The van der Waals surface area contributed by atoms with Crippen molar-refractivity contribution >= 4 is 36.0 Å². The second kappa shape index (κ2) is 12.6. The Hall–Kier alpha value is -2.23. The average Bonchev–Trinajstić information content (AvgIpc) is 3.62. The minimum absolute atomic E-state index is 0.110. The van der Waals surface area contributed by atoms with Crippen molar-refractivity contribution in [2.24, 2.45) is 0 Å². The van der Waals surface area contributed by atoms with Crippen molar-refractivity contribution < 1.29 is 42.8 Å². The molecule has 3 N–H and O–H groups in total. The van der Waals surface area contributed by atoms with E-state index in [9.17, 15) is 14.4 Å². The van der Waals surface area contributed by atoms with E-state index in [1.165, 1.54) is 0 Å². The highest BCUT2D eigenvalue weighted by atomic mass is 35.5. The number of nitrogens with zero attached hydrogens (tertiary/aromatic N) is 4. The lowest BCUT2D eigenvalue weighted by Crippen LogP contribution is -2.33. The number of nitrogens with one attached hydrogen (secondary N) is 1. The Balaban J connectivity index is 1.30. The van der Waals surface area contributed by atoms with Crippen molar-refractivity contribution in [3.8, 4) is 0 Å². The van der Waals surface area contributed by atoms with Crippen LogP contribution in [0.25, 0.3) is 11.0 Å². The predicted molar refractivity (Wildman–Crippen MR) is 153 cm³/mol. The summed E-state index contributed by atoms with van der Waals surface area (Å²) in [5, 5.41) is 9.27. The number of aromatic nitrogens is 4. The molecule has 43 heavy (non-hydrogen) atoms. The highest BCUT2D eigenvalue weighted by Crippen LogP contribution is 2.44. The first kappa shape index (κ1) is 30.8. The van der Waals surface area contributed by atoms with E-state index in [4.69, 9.17) is 50.0 Å². The zero-order valence-corrected chi connectivity index (χ0v) is 25.4. The van der Waals surface area contributed by atoms with E-state index in [1.807, 2.05) is 24.3 Å². The first-order chi connectivity index (χ1) is 20.6. The van der Waals surface area contributed by atoms with Crippen LogP contribution in [0.3, 0.4) is 0 Å². The van der Waals surface area contributed by atoms with E-state index in [-0.39, 0.29) is 19.5 Å². The first-order valence-corrected chi connectivity index (χ1v) is 16.3. The smallest absolute Gasteiger partial charge is 0.350 e. The zero-order chi connectivity index (χ0) is 30.2. The summed E-state index contributed by atoms with van der Waals surface area (Å²) >= 11 is 6.40. The summed E-state index contributed by atoms with van der Waals surface area (Å²) < 4.78 is 48.6. The van der Waals surface area contributed by atoms with Gasteiger partial charge < -0.3 is 43.5 Å². The number of benzene rings is 1. The molecule has 0 bridgehead atoms. The normalized spacial score (nSPS) is 27.0. The van der Waals surface area contributed by atoms with Crippen LogP contribution in [0.1, 0.15) is 50.7 Å². The Morgan fingerprint density at radius 2 is 2.00 bits per heavy atom. The second-order valence-corrected chi connectivity index (χ2v) is 13.2. The van der Waals surface area contributed by atoms with Gasteiger partial charge in [0.05, 0.1) is 18.2 Å². The predicted octanol–water partition coefficient (Wildman–Crippen LogP) is 3.70. The molecule has 16 heteroatoms. The molecule has 5 atom stereocenters. The molecule has 0 saturated carbocycles. The molecule has 3 aliphatic heterocycles. The maximum atomic E-state index is 11.3. The number of hydrogen-bond donors (Lipinski definition) is 3. The Morgan fingerprint density at radius 1 is 1.19 bits per heavy atom. The maximum Gasteiger partial charge on any atom is 0.350 e. The molecule has 1 aromatic carbocycles. The fraction of sp³-hybridized carbons (Fsp3) is 0.593. The van der Waals surface area contributed by atoms with Crippen LogP contribution >= 0.6 is 19.2 Å². The molecule has 0 spiro atoms. The molecule has 234 valence electrons. The number of rotatable bonds is 11. The fourth-order valence-electron chi connectivity index (χ4n) is 5.47. The van der Waals surface area contributed by atoms with Gasteiger partial charge in [-0.15, -0.1) is 0 Å². The number of anilines is 1. The lowest BCUT2D eigenvalue weighted by Gasteiger charge is -2.24. The standard InChI is InChI=1S/C27H35ClN5O9P/c1-27(2)41-22-19(13-37-15-43(34,35)36)40-26(23(22)42-27)33-25-17(12-30-33)24(29-11-16-7-3-4-8-18(16)28)31-20(32-25)14-39-21-9-5-6-10-38-21/h3-4,7-8,12,19,21-23,26H,5-6,9-11,13-15H2,1-2H3,(H,29,31,32)(H2,34,35,36)/t19-,21?,22-,23-,26-/m1/s1. The van der Waals surface area contributed by atoms with Gasteiger partial charge in [-0.05, 0) is 44.7 Å². The molecule has 2 aromatic heterocycles. The first-order valence-electron chi connectivity index (χ1n) is 14.1. The molecule has 14 nitrogen and oxygen atoms in total. The van der Waals surface area contributed by atoms with Crippen LogP contribution in [-0.2, 0) is 46.1 Å². The van der Waals surface area contributed by atoms with Gasteiger partial charge in [0.2, 0.25) is 0 Å². The number of ether oxygens (including phenoxy) is 6. The molecule has 3 fully saturated rings. The third kappa shape index (κ3) is 7.20. The van der Waals surface area contributed by atoms with E-state index in [2.05, 4.69) is 10.4 Å². The summed E-state index contributed by atoms with van der Waals surface area (Å²) in [6, 6.07) is 7.55. The molecular formula is C27H35ClN5O9P. The molecule has 3 saturated heterocycles. The van der Waals surface area contributed by atoms with E-state index in [0.717, 1.165) is 24.8 Å².